The summed E-state index contributed by atoms with van der Waals surface area (Å²) in [5, 5.41) is 7.64. The number of thiazole rings is 1. The Labute approximate surface area is 165 Å². The number of carbonyl (C=O) groups excluding carboxylic acids is 3. The van der Waals surface area contributed by atoms with Crippen molar-refractivity contribution in [3.63, 3.8) is 0 Å². The third-order valence-corrected chi connectivity index (χ3v) is 4.47. The van der Waals surface area contributed by atoms with E-state index in [2.05, 4.69) is 15.6 Å². The Morgan fingerprint density at radius 1 is 1.14 bits per heavy atom. The number of amides is 3. The minimum absolute atomic E-state index is 0.125. The average Bonchev–Trinajstić information content (AvgIpc) is 3.33. The average molecular weight is 398 g/mol. The Morgan fingerprint density at radius 3 is 2.54 bits per heavy atom. The lowest BCUT2D eigenvalue weighted by Gasteiger charge is -2.14. The Balaban J connectivity index is 1.58. The third-order valence-electron chi connectivity index (χ3n) is 3.71. The molecule has 0 aliphatic carbocycles. The quantitative estimate of drug-likeness (QED) is 0.664. The number of nitrogens with one attached hydrogen (secondary N) is 2. The van der Waals surface area contributed by atoms with E-state index in [-0.39, 0.29) is 30.0 Å². The van der Waals surface area contributed by atoms with Gasteiger partial charge in [-0.1, -0.05) is 12.1 Å². The van der Waals surface area contributed by atoms with Crippen LogP contribution in [-0.2, 0) is 9.59 Å². The Morgan fingerprint density at radius 2 is 1.89 bits per heavy atom. The molecule has 0 atom stereocenters. The van der Waals surface area contributed by atoms with E-state index in [1.807, 2.05) is 17.5 Å². The molecule has 0 fully saturated rings. The van der Waals surface area contributed by atoms with Gasteiger partial charge in [-0.2, -0.15) is 0 Å². The molecule has 8 nitrogen and oxygen atoms in total. The summed E-state index contributed by atoms with van der Waals surface area (Å²) in [6.07, 6.45) is 1.40. The first-order chi connectivity index (χ1) is 13.4. The fourth-order valence-electron chi connectivity index (χ4n) is 2.43. The van der Waals surface area contributed by atoms with Gasteiger partial charge in [0.1, 0.15) is 6.54 Å². The van der Waals surface area contributed by atoms with Crippen molar-refractivity contribution < 1.29 is 18.8 Å². The normalized spacial score (nSPS) is 10.4. The van der Waals surface area contributed by atoms with Gasteiger partial charge in [0.2, 0.25) is 11.8 Å². The van der Waals surface area contributed by atoms with Crippen LogP contribution in [0, 0.1) is 0 Å². The van der Waals surface area contributed by atoms with Gasteiger partial charge in [0, 0.05) is 30.6 Å². The summed E-state index contributed by atoms with van der Waals surface area (Å²) >= 11 is 1.29. The number of likely N-dealkylation sites (N-methyl/N-ethyl adjacent to an activating group) is 1. The minimum Gasteiger partial charge on any atom is -0.459 e. The largest absolute Gasteiger partial charge is 0.459 e. The highest BCUT2D eigenvalue weighted by Gasteiger charge is 2.18. The van der Waals surface area contributed by atoms with Crippen molar-refractivity contribution in [3.05, 3.63) is 53.8 Å². The standard InChI is InChI=1S/C19H18N4O4S/c1-12(24)20-14-7-5-13(6-8-14)15-11-28-19(21-15)22-17(25)10-23(2)18(26)16-4-3-9-27-16/h3-9,11H,10H2,1-2H3,(H,20,24)(H,21,22,25). The third kappa shape index (κ3) is 4.83. The zero-order valence-electron chi connectivity index (χ0n) is 15.3. The van der Waals surface area contributed by atoms with Crippen LogP contribution in [0.3, 0.4) is 0 Å². The van der Waals surface area contributed by atoms with E-state index in [9.17, 15) is 14.4 Å². The smallest absolute Gasteiger partial charge is 0.289 e. The summed E-state index contributed by atoms with van der Waals surface area (Å²) < 4.78 is 5.04. The molecular weight excluding hydrogens is 380 g/mol. The van der Waals surface area contributed by atoms with Gasteiger partial charge in [-0.25, -0.2) is 4.98 Å². The molecule has 0 saturated heterocycles. The molecule has 0 spiro atoms. The van der Waals surface area contributed by atoms with Gasteiger partial charge >= 0.3 is 0 Å². The number of carbonyl (C=O) groups is 3. The van der Waals surface area contributed by atoms with Gasteiger partial charge in [0.25, 0.3) is 5.91 Å². The molecule has 28 heavy (non-hydrogen) atoms. The molecule has 3 rings (SSSR count). The second-order valence-electron chi connectivity index (χ2n) is 5.98. The second kappa shape index (κ2) is 8.49. The molecule has 3 amide bonds. The lowest BCUT2D eigenvalue weighted by atomic mass is 10.1. The van der Waals surface area contributed by atoms with Crippen LogP contribution in [0.2, 0.25) is 0 Å². The lowest BCUT2D eigenvalue weighted by molar-refractivity contribution is -0.116. The predicted molar refractivity (Wildman–Crippen MR) is 106 cm³/mol. The van der Waals surface area contributed by atoms with E-state index < -0.39 is 0 Å². The van der Waals surface area contributed by atoms with E-state index in [1.165, 1.54) is 36.5 Å². The Kier molecular flexibility index (Phi) is 5.85. The molecular formula is C19H18N4O4S. The number of aromatic nitrogens is 1. The van der Waals surface area contributed by atoms with Crippen molar-refractivity contribution >= 4 is 39.9 Å². The van der Waals surface area contributed by atoms with Gasteiger partial charge in [0.15, 0.2) is 10.9 Å². The molecule has 0 radical (unpaired) electrons. The number of anilines is 2. The Bertz CT molecular complexity index is 980. The van der Waals surface area contributed by atoms with Gasteiger partial charge in [0.05, 0.1) is 12.0 Å². The van der Waals surface area contributed by atoms with E-state index in [0.29, 0.717) is 16.5 Å². The highest BCUT2D eigenvalue weighted by molar-refractivity contribution is 7.14. The lowest BCUT2D eigenvalue weighted by Crippen LogP contribution is -2.34. The molecule has 9 heteroatoms. The van der Waals surface area contributed by atoms with Crippen LogP contribution in [0.15, 0.2) is 52.5 Å². The summed E-state index contributed by atoms with van der Waals surface area (Å²) in [7, 11) is 1.52. The molecule has 2 heterocycles. The molecule has 144 valence electrons. The van der Waals surface area contributed by atoms with Crippen LogP contribution in [-0.4, -0.2) is 41.2 Å². The van der Waals surface area contributed by atoms with Crippen molar-refractivity contribution in [3.8, 4) is 11.3 Å². The van der Waals surface area contributed by atoms with Gasteiger partial charge in [-0.15, -0.1) is 11.3 Å². The molecule has 0 aliphatic heterocycles. The molecule has 0 unspecified atom stereocenters. The summed E-state index contributed by atoms with van der Waals surface area (Å²) in [4.78, 5) is 41.0. The minimum atomic E-state index is -0.376. The van der Waals surface area contributed by atoms with E-state index in [4.69, 9.17) is 4.42 Å². The highest BCUT2D eigenvalue weighted by Crippen LogP contribution is 2.26. The van der Waals surface area contributed by atoms with Crippen molar-refractivity contribution in [1.82, 2.24) is 9.88 Å². The fraction of sp³-hybridized carbons (Fsp3) is 0.158. The number of nitrogens with zero attached hydrogens (tertiary/aromatic N) is 2. The monoisotopic (exact) mass is 398 g/mol. The maximum atomic E-state index is 12.2. The van der Waals surface area contributed by atoms with Crippen LogP contribution < -0.4 is 10.6 Å². The van der Waals surface area contributed by atoms with Crippen molar-refractivity contribution in [1.29, 1.82) is 0 Å². The van der Waals surface area contributed by atoms with Crippen molar-refractivity contribution in [2.75, 3.05) is 24.2 Å². The molecule has 2 N–H and O–H groups in total. The first kappa shape index (κ1) is 19.3. The van der Waals surface area contributed by atoms with Gasteiger partial charge in [-0.3, -0.25) is 14.4 Å². The van der Waals surface area contributed by atoms with Crippen LogP contribution in [0.1, 0.15) is 17.5 Å². The number of hydrogen-bond donors (Lipinski definition) is 2. The first-order valence-electron chi connectivity index (χ1n) is 8.35. The van der Waals surface area contributed by atoms with Crippen LogP contribution >= 0.6 is 11.3 Å². The maximum absolute atomic E-state index is 12.2. The molecule has 0 aliphatic rings. The number of hydrogen-bond acceptors (Lipinski definition) is 6. The van der Waals surface area contributed by atoms with E-state index in [1.54, 1.807) is 24.3 Å². The fourth-order valence-corrected chi connectivity index (χ4v) is 3.16. The van der Waals surface area contributed by atoms with Crippen LogP contribution in [0.25, 0.3) is 11.3 Å². The summed E-state index contributed by atoms with van der Waals surface area (Å²) in [6, 6.07) is 10.4. The zero-order valence-corrected chi connectivity index (χ0v) is 16.1. The summed E-state index contributed by atoms with van der Waals surface area (Å²) in [5.41, 5.74) is 2.26. The second-order valence-corrected chi connectivity index (χ2v) is 6.84. The molecule has 1 aromatic carbocycles. The first-order valence-corrected chi connectivity index (χ1v) is 9.22. The van der Waals surface area contributed by atoms with Crippen LogP contribution in [0.5, 0.6) is 0 Å². The number of benzene rings is 1. The molecule has 3 aromatic rings. The Hall–Kier alpha value is -3.46. The highest BCUT2D eigenvalue weighted by atomic mass is 32.1. The van der Waals surface area contributed by atoms with Gasteiger partial charge in [-0.05, 0) is 24.3 Å². The van der Waals surface area contributed by atoms with Crippen molar-refractivity contribution in [2.45, 2.75) is 6.92 Å². The zero-order chi connectivity index (χ0) is 20.1. The summed E-state index contributed by atoms with van der Waals surface area (Å²) in [6.45, 7) is 1.32. The number of furan rings is 1. The summed E-state index contributed by atoms with van der Waals surface area (Å²) in [5.74, 6) is -0.694. The van der Waals surface area contributed by atoms with E-state index in [0.717, 1.165) is 5.56 Å². The molecule has 0 saturated carbocycles. The van der Waals surface area contributed by atoms with Gasteiger partial charge < -0.3 is 20.0 Å². The molecule has 2 aromatic heterocycles. The van der Waals surface area contributed by atoms with Crippen molar-refractivity contribution in [2.24, 2.45) is 0 Å². The van der Waals surface area contributed by atoms with Crippen LogP contribution in [0.4, 0.5) is 10.8 Å². The van der Waals surface area contributed by atoms with E-state index >= 15 is 0 Å². The molecule has 0 bridgehead atoms. The predicted octanol–water partition coefficient (Wildman–Crippen LogP) is 3.07. The maximum Gasteiger partial charge on any atom is 0.289 e. The topological polar surface area (TPSA) is 105 Å². The number of rotatable bonds is 6. The SMILES string of the molecule is CC(=O)Nc1ccc(-c2csc(NC(=O)CN(C)C(=O)c3ccco3)n2)cc1.